The van der Waals surface area contributed by atoms with Crippen LogP contribution in [0.5, 0.6) is 0 Å². The molecule has 0 spiro atoms. The molecular formula is C7H14N2O2. The van der Waals surface area contributed by atoms with E-state index in [9.17, 15) is 9.59 Å². The Hall–Kier alpha value is -1.06. The monoisotopic (exact) mass is 158 g/mol. The maximum Gasteiger partial charge on any atom is 0.236 e. The number of amides is 2. The van der Waals surface area contributed by atoms with Crippen LogP contribution in [0.25, 0.3) is 0 Å². The lowest BCUT2D eigenvalue weighted by molar-refractivity contribution is -0.127. The zero-order chi connectivity index (χ0) is 8.85. The molecule has 0 aliphatic rings. The molecule has 0 radical (unpaired) electrons. The Kier molecular flexibility index (Phi) is 4.26. The molecule has 0 fully saturated rings. The summed E-state index contributed by atoms with van der Waals surface area (Å²) in [5.41, 5.74) is 4.83. The van der Waals surface area contributed by atoms with Crippen LogP contribution >= 0.6 is 0 Å². The van der Waals surface area contributed by atoms with E-state index in [-0.39, 0.29) is 18.4 Å². The van der Waals surface area contributed by atoms with Gasteiger partial charge >= 0.3 is 0 Å². The number of rotatable bonds is 4. The molecule has 1 atom stereocenters. The standard InChI is InChI=1S/C7H14N2O2/c1-3-5(2)7(11)9-4-6(8)10/h5H,3-4H2,1-2H3,(H2,8,10)(H,9,11)/t5-/m0/s1. The summed E-state index contributed by atoms with van der Waals surface area (Å²) < 4.78 is 0. The summed E-state index contributed by atoms with van der Waals surface area (Å²) in [4.78, 5) is 21.2. The lowest BCUT2D eigenvalue weighted by atomic mass is 10.1. The number of carbonyl (C=O) groups is 2. The fourth-order valence-corrected chi connectivity index (χ4v) is 0.534. The van der Waals surface area contributed by atoms with Crippen LogP contribution < -0.4 is 11.1 Å². The van der Waals surface area contributed by atoms with Gasteiger partial charge in [0.25, 0.3) is 0 Å². The van der Waals surface area contributed by atoms with Crippen molar-refractivity contribution in [2.24, 2.45) is 11.7 Å². The highest BCUT2D eigenvalue weighted by atomic mass is 16.2. The zero-order valence-corrected chi connectivity index (χ0v) is 6.89. The van der Waals surface area contributed by atoms with Crippen LogP contribution in [0.4, 0.5) is 0 Å². The molecule has 0 heterocycles. The molecule has 0 aliphatic heterocycles. The minimum atomic E-state index is -0.512. The Balaban J connectivity index is 3.60. The number of nitrogens with two attached hydrogens (primary N) is 1. The van der Waals surface area contributed by atoms with Gasteiger partial charge in [-0.15, -0.1) is 0 Å². The smallest absolute Gasteiger partial charge is 0.236 e. The first-order chi connectivity index (χ1) is 5.07. The molecule has 4 heteroatoms. The molecule has 0 aliphatic carbocycles. The largest absolute Gasteiger partial charge is 0.368 e. The third-order valence-corrected chi connectivity index (χ3v) is 1.50. The van der Waals surface area contributed by atoms with E-state index in [4.69, 9.17) is 5.73 Å². The summed E-state index contributed by atoms with van der Waals surface area (Å²) in [5, 5.41) is 2.42. The predicted molar refractivity (Wildman–Crippen MR) is 41.7 cm³/mol. The van der Waals surface area contributed by atoms with Crippen molar-refractivity contribution in [3.8, 4) is 0 Å². The highest BCUT2D eigenvalue weighted by Gasteiger charge is 2.09. The quantitative estimate of drug-likeness (QED) is 0.586. The fourth-order valence-electron chi connectivity index (χ4n) is 0.534. The van der Waals surface area contributed by atoms with Crippen molar-refractivity contribution in [3.05, 3.63) is 0 Å². The van der Waals surface area contributed by atoms with Crippen molar-refractivity contribution in [2.75, 3.05) is 6.54 Å². The second-order valence-electron chi connectivity index (χ2n) is 2.49. The summed E-state index contributed by atoms with van der Waals surface area (Å²) in [6.07, 6.45) is 0.768. The van der Waals surface area contributed by atoms with Gasteiger partial charge < -0.3 is 11.1 Å². The van der Waals surface area contributed by atoms with Crippen LogP contribution in [0, 0.1) is 5.92 Å². The van der Waals surface area contributed by atoms with Crippen molar-refractivity contribution < 1.29 is 9.59 Å². The molecule has 11 heavy (non-hydrogen) atoms. The third kappa shape index (κ3) is 4.36. The number of hydrogen-bond donors (Lipinski definition) is 2. The normalized spacial score (nSPS) is 12.2. The molecule has 0 rings (SSSR count). The van der Waals surface area contributed by atoms with E-state index in [0.29, 0.717) is 0 Å². The van der Waals surface area contributed by atoms with Crippen molar-refractivity contribution in [1.29, 1.82) is 0 Å². The van der Waals surface area contributed by atoms with Gasteiger partial charge in [0, 0.05) is 5.92 Å². The van der Waals surface area contributed by atoms with Gasteiger partial charge in [0.1, 0.15) is 0 Å². The highest BCUT2D eigenvalue weighted by molar-refractivity contribution is 5.84. The molecular weight excluding hydrogens is 144 g/mol. The van der Waals surface area contributed by atoms with Gasteiger partial charge in [0.2, 0.25) is 11.8 Å². The molecule has 0 aromatic heterocycles. The van der Waals surface area contributed by atoms with Crippen LogP contribution in [-0.4, -0.2) is 18.4 Å². The average Bonchev–Trinajstić information content (AvgIpc) is 1.98. The van der Waals surface area contributed by atoms with Crippen LogP contribution in [0.3, 0.4) is 0 Å². The Morgan fingerprint density at radius 1 is 1.55 bits per heavy atom. The van der Waals surface area contributed by atoms with E-state index in [1.165, 1.54) is 0 Å². The minimum absolute atomic E-state index is 0.0469. The first kappa shape index (κ1) is 9.94. The molecule has 0 aromatic carbocycles. The van der Waals surface area contributed by atoms with E-state index in [1.807, 2.05) is 6.92 Å². The molecule has 2 amide bonds. The van der Waals surface area contributed by atoms with E-state index < -0.39 is 5.91 Å². The Morgan fingerprint density at radius 2 is 2.09 bits per heavy atom. The Morgan fingerprint density at radius 3 is 2.45 bits per heavy atom. The van der Waals surface area contributed by atoms with E-state index in [1.54, 1.807) is 6.92 Å². The van der Waals surface area contributed by atoms with Gasteiger partial charge in [-0.1, -0.05) is 13.8 Å². The maximum absolute atomic E-state index is 11.0. The molecule has 0 bridgehead atoms. The molecule has 0 aromatic rings. The van der Waals surface area contributed by atoms with Crippen LogP contribution in [-0.2, 0) is 9.59 Å². The van der Waals surface area contributed by atoms with Gasteiger partial charge in [-0.2, -0.15) is 0 Å². The van der Waals surface area contributed by atoms with Crippen LogP contribution in [0.1, 0.15) is 20.3 Å². The van der Waals surface area contributed by atoms with Crippen molar-refractivity contribution in [2.45, 2.75) is 20.3 Å². The number of hydrogen-bond acceptors (Lipinski definition) is 2. The average molecular weight is 158 g/mol. The summed E-state index contributed by atoms with van der Waals surface area (Å²) in [7, 11) is 0. The lowest BCUT2D eigenvalue weighted by Gasteiger charge is -2.07. The fraction of sp³-hybridized carbons (Fsp3) is 0.714. The second-order valence-corrected chi connectivity index (χ2v) is 2.49. The molecule has 0 saturated carbocycles. The van der Waals surface area contributed by atoms with Crippen molar-refractivity contribution >= 4 is 11.8 Å². The molecule has 0 saturated heterocycles. The Bertz CT molecular complexity index is 157. The van der Waals surface area contributed by atoms with Gasteiger partial charge in [0.15, 0.2) is 0 Å². The van der Waals surface area contributed by atoms with Crippen LogP contribution in [0.15, 0.2) is 0 Å². The summed E-state index contributed by atoms with van der Waals surface area (Å²) >= 11 is 0. The highest BCUT2D eigenvalue weighted by Crippen LogP contribution is 1.98. The van der Waals surface area contributed by atoms with Crippen molar-refractivity contribution in [1.82, 2.24) is 5.32 Å². The number of carbonyl (C=O) groups excluding carboxylic acids is 2. The SMILES string of the molecule is CC[C@H](C)C(=O)NCC(N)=O. The topological polar surface area (TPSA) is 72.2 Å². The van der Waals surface area contributed by atoms with Crippen molar-refractivity contribution in [3.63, 3.8) is 0 Å². The van der Waals surface area contributed by atoms with Gasteiger partial charge in [0.05, 0.1) is 6.54 Å². The number of primary amides is 1. The first-order valence-electron chi connectivity index (χ1n) is 3.64. The zero-order valence-electron chi connectivity index (χ0n) is 6.89. The van der Waals surface area contributed by atoms with E-state index in [0.717, 1.165) is 6.42 Å². The summed E-state index contributed by atoms with van der Waals surface area (Å²) in [6, 6.07) is 0. The van der Waals surface area contributed by atoms with Gasteiger partial charge in [-0.3, -0.25) is 9.59 Å². The van der Waals surface area contributed by atoms with Crippen LogP contribution in [0.2, 0.25) is 0 Å². The third-order valence-electron chi connectivity index (χ3n) is 1.50. The van der Waals surface area contributed by atoms with Gasteiger partial charge in [-0.25, -0.2) is 0 Å². The predicted octanol–water partition coefficient (Wildman–Crippen LogP) is -0.366. The maximum atomic E-state index is 11.0. The first-order valence-corrected chi connectivity index (χ1v) is 3.64. The van der Waals surface area contributed by atoms with E-state index in [2.05, 4.69) is 5.32 Å². The molecule has 4 nitrogen and oxygen atoms in total. The molecule has 3 N–H and O–H groups in total. The molecule has 64 valence electrons. The second kappa shape index (κ2) is 4.71. The minimum Gasteiger partial charge on any atom is -0.368 e. The number of nitrogens with one attached hydrogen (secondary N) is 1. The summed E-state index contributed by atoms with van der Waals surface area (Å²) in [5.74, 6) is -0.678. The van der Waals surface area contributed by atoms with Gasteiger partial charge in [-0.05, 0) is 6.42 Å². The Labute approximate surface area is 66.1 Å². The summed E-state index contributed by atoms with van der Waals surface area (Å²) in [6.45, 7) is 3.65. The van der Waals surface area contributed by atoms with E-state index >= 15 is 0 Å². The lowest BCUT2D eigenvalue weighted by Crippen LogP contribution is -2.36. The molecule has 0 unspecified atom stereocenters.